The largest absolute Gasteiger partial charge is 0.364 e. The number of carbonyl (C=O) groups is 1. The van der Waals surface area contributed by atoms with E-state index in [1.807, 2.05) is 6.92 Å². The van der Waals surface area contributed by atoms with Gasteiger partial charge in [-0.3, -0.25) is 9.59 Å². The van der Waals surface area contributed by atoms with E-state index in [-0.39, 0.29) is 17.3 Å². The number of nitrogens with two attached hydrogens (primary N) is 1. The molecule has 8 heteroatoms. The molecule has 0 aliphatic rings. The number of rotatable bonds is 5. The quantitative estimate of drug-likeness (QED) is 0.747. The minimum atomic E-state index is -0.743. The molecule has 0 spiro atoms. The molecule has 0 saturated heterocycles. The maximum atomic E-state index is 13.3. The topological polar surface area (TPSA) is 104 Å². The summed E-state index contributed by atoms with van der Waals surface area (Å²) in [4.78, 5) is 23.4. The van der Waals surface area contributed by atoms with Crippen molar-refractivity contribution >= 4 is 5.91 Å². The van der Waals surface area contributed by atoms with Gasteiger partial charge in [0.15, 0.2) is 5.82 Å². The molecule has 2 heterocycles. The highest BCUT2D eigenvalue weighted by atomic mass is 19.1. The van der Waals surface area contributed by atoms with E-state index in [9.17, 15) is 14.0 Å². The highest BCUT2D eigenvalue weighted by Crippen LogP contribution is 2.14. The molecule has 2 N–H and O–H groups in total. The Morgan fingerprint density at radius 2 is 2.00 bits per heavy atom. The van der Waals surface area contributed by atoms with Gasteiger partial charge in [-0.15, -0.1) is 5.10 Å². The summed E-state index contributed by atoms with van der Waals surface area (Å²) < 4.78 is 14.3. The van der Waals surface area contributed by atoms with Crippen LogP contribution in [0.3, 0.4) is 0 Å². The van der Waals surface area contributed by atoms with Crippen LogP contribution in [0.2, 0.25) is 0 Å². The number of benzene rings is 1. The van der Waals surface area contributed by atoms with Gasteiger partial charge in [-0.25, -0.2) is 4.39 Å². The van der Waals surface area contributed by atoms with E-state index in [0.29, 0.717) is 18.5 Å². The van der Waals surface area contributed by atoms with Crippen molar-refractivity contribution < 1.29 is 9.18 Å². The summed E-state index contributed by atoms with van der Waals surface area (Å²) in [6, 6.07) is 10.5. The lowest BCUT2D eigenvalue weighted by Gasteiger charge is -2.10. The number of primary amides is 1. The average Bonchev–Trinajstić information content (AvgIpc) is 2.62. The molecule has 1 amide bonds. The Morgan fingerprint density at radius 1 is 1.19 bits per heavy atom. The zero-order valence-electron chi connectivity index (χ0n) is 14.0. The van der Waals surface area contributed by atoms with E-state index in [1.54, 1.807) is 18.2 Å². The number of halogens is 1. The molecule has 3 aromatic rings. The molecule has 0 bridgehead atoms. The summed E-state index contributed by atoms with van der Waals surface area (Å²) in [5.74, 6) is -0.821. The number of amides is 1. The van der Waals surface area contributed by atoms with Crippen molar-refractivity contribution in [3.8, 4) is 5.82 Å². The molecule has 0 aliphatic carbocycles. The van der Waals surface area contributed by atoms with Crippen LogP contribution < -0.4 is 11.3 Å². The first kappa shape index (κ1) is 17.4. The fraction of sp³-hybridized carbons (Fsp3) is 0.167. The van der Waals surface area contributed by atoms with E-state index in [0.717, 1.165) is 15.8 Å². The second-order valence-corrected chi connectivity index (χ2v) is 5.68. The van der Waals surface area contributed by atoms with Gasteiger partial charge in [0.2, 0.25) is 0 Å². The molecule has 1 aromatic carbocycles. The Morgan fingerprint density at radius 3 is 2.69 bits per heavy atom. The predicted octanol–water partition coefficient (Wildman–Crippen LogP) is 1.41. The fourth-order valence-corrected chi connectivity index (χ4v) is 2.55. The van der Waals surface area contributed by atoms with Crippen LogP contribution in [-0.4, -0.2) is 25.9 Å². The van der Waals surface area contributed by atoms with Crippen LogP contribution in [-0.2, 0) is 12.8 Å². The maximum absolute atomic E-state index is 13.3. The van der Waals surface area contributed by atoms with Crippen LogP contribution >= 0.6 is 0 Å². The molecule has 2 aromatic heterocycles. The molecule has 0 unspecified atom stereocenters. The van der Waals surface area contributed by atoms with E-state index in [2.05, 4.69) is 15.3 Å². The third-order valence-electron chi connectivity index (χ3n) is 3.81. The van der Waals surface area contributed by atoms with Crippen LogP contribution in [0.5, 0.6) is 0 Å². The normalized spacial score (nSPS) is 10.7. The van der Waals surface area contributed by atoms with E-state index < -0.39 is 11.5 Å². The Labute approximate surface area is 148 Å². The van der Waals surface area contributed by atoms with Gasteiger partial charge >= 0.3 is 0 Å². The molecule has 3 rings (SSSR count). The van der Waals surface area contributed by atoms with Crippen LogP contribution in [0, 0.1) is 5.82 Å². The van der Waals surface area contributed by atoms with Gasteiger partial charge in [0.25, 0.3) is 11.5 Å². The Hall–Kier alpha value is -3.42. The van der Waals surface area contributed by atoms with Crippen molar-refractivity contribution in [1.29, 1.82) is 0 Å². The zero-order chi connectivity index (χ0) is 18.7. The number of hydrogen-bond donors (Lipinski definition) is 1. The predicted molar refractivity (Wildman–Crippen MR) is 92.5 cm³/mol. The van der Waals surface area contributed by atoms with E-state index in [1.165, 1.54) is 24.3 Å². The van der Waals surface area contributed by atoms with Crippen molar-refractivity contribution in [2.45, 2.75) is 19.8 Å². The Bertz CT molecular complexity index is 1030. The third kappa shape index (κ3) is 3.64. The maximum Gasteiger partial charge on any atom is 0.273 e. The second kappa shape index (κ2) is 7.22. The van der Waals surface area contributed by atoms with Gasteiger partial charge in [-0.2, -0.15) is 14.9 Å². The highest BCUT2D eigenvalue weighted by molar-refractivity contribution is 5.90. The van der Waals surface area contributed by atoms with Gasteiger partial charge < -0.3 is 5.73 Å². The smallest absolute Gasteiger partial charge is 0.273 e. The standard InChI is InChI=1S/C18H16FN5O2/c1-2-12-10-14(9-11-4-3-5-13(19)8-11)21-22-18(12)24-16(25)7-6-15(23-24)17(20)26/h3-8,10H,2,9H2,1H3,(H2,20,26). The summed E-state index contributed by atoms with van der Waals surface area (Å²) in [5, 5.41) is 12.2. The van der Waals surface area contributed by atoms with Crippen LogP contribution in [0.1, 0.15) is 34.2 Å². The van der Waals surface area contributed by atoms with Gasteiger partial charge in [0.05, 0.1) is 5.69 Å². The Balaban J connectivity index is 2.01. The molecular formula is C18H16FN5O2. The van der Waals surface area contributed by atoms with Crippen LogP contribution in [0.15, 0.2) is 47.3 Å². The van der Waals surface area contributed by atoms with Gasteiger partial charge in [0.1, 0.15) is 11.5 Å². The van der Waals surface area contributed by atoms with Crippen molar-refractivity contribution in [3.05, 3.63) is 81.2 Å². The number of aryl methyl sites for hydroxylation is 1. The first-order valence-electron chi connectivity index (χ1n) is 7.98. The molecular weight excluding hydrogens is 337 g/mol. The molecule has 0 fully saturated rings. The second-order valence-electron chi connectivity index (χ2n) is 5.68. The first-order valence-corrected chi connectivity index (χ1v) is 7.98. The molecule has 7 nitrogen and oxygen atoms in total. The Kier molecular flexibility index (Phi) is 4.83. The van der Waals surface area contributed by atoms with Crippen molar-refractivity contribution in [3.63, 3.8) is 0 Å². The van der Waals surface area contributed by atoms with Crippen molar-refractivity contribution in [2.75, 3.05) is 0 Å². The number of hydrogen-bond acceptors (Lipinski definition) is 5. The minimum Gasteiger partial charge on any atom is -0.364 e. The molecule has 0 atom stereocenters. The highest BCUT2D eigenvalue weighted by Gasteiger charge is 2.13. The number of aromatic nitrogens is 4. The van der Waals surface area contributed by atoms with Crippen LogP contribution in [0.4, 0.5) is 4.39 Å². The molecule has 0 radical (unpaired) electrons. The summed E-state index contributed by atoms with van der Waals surface area (Å²) >= 11 is 0. The van der Waals surface area contributed by atoms with Crippen LogP contribution in [0.25, 0.3) is 5.82 Å². The van der Waals surface area contributed by atoms with Gasteiger partial charge in [-0.05, 0) is 36.2 Å². The zero-order valence-corrected chi connectivity index (χ0v) is 14.0. The number of carbonyl (C=O) groups excluding carboxylic acids is 1. The fourth-order valence-electron chi connectivity index (χ4n) is 2.55. The van der Waals surface area contributed by atoms with Crippen molar-refractivity contribution in [1.82, 2.24) is 20.0 Å². The average molecular weight is 353 g/mol. The third-order valence-corrected chi connectivity index (χ3v) is 3.81. The van der Waals surface area contributed by atoms with E-state index >= 15 is 0 Å². The lowest BCUT2D eigenvalue weighted by molar-refractivity contribution is 0.0994. The lowest BCUT2D eigenvalue weighted by Crippen LogP contribution is -2.27. The number of nitrogens with zero attached hydrogens (tertiary/aromatic N) is 4. The summed E-state index contributed by atoms with van der Waals surface area (Å²) in [6.07, 6.45) is 0.970. The van der Waals surface area contributed by atoms with Gasteiger partial charge in [0, 0.05) is 18.1 Å². The molecule has 0 aliphatic heterocycles. The molecule has 26 heavy (non-hydrogen) atoms. The van der Waals surface area contributed by atoms with E-state index in [4.69, 9.17) is 5.73 Å². The summed E-state index contributed by atoms with van der Waals surface area (Å²) in [6.45, 7) is 1.90. The van der Waals surface area contributed by atoms with Crippen molar-refractivity contribution in [2.24, 2.45) is 5.73 Å². The molecule has 132 valence electrons. The SMILES string of the molecule is CCc1cc(Cc2cccc(F)c2)nnc1-n1nc(C(N)=O)ccc1=O. The monoisotopic (exact) mass is 353 g/mol. The summed E-state index contributed by atoms with van der Waals surface area (Å²) in [7, 11) is 0. The first-order chi connectivity index (χ1) is 12.5. The summed E-state index contributed by atoms with van der Waals surface area (Å²) in [5.41, 5.74) is 6.85. The minimum absolute atomic E-state index is 0.0442. The molecule has 0 saturated carbocycles. The van der Waals surface area contributed by atoms with Gasteiger partial charge in [-0.1, -0.05) is 19.1 Å². The lowest BCUT2D eigenvalue weighted by atomic mass is 10.1.